The number of fused-ring (bicyclic) bond motifs is 2. The Morgan fingerprint density at radius 2 is 1.64 bits per heavy atom. The molecular formula is C35H35N2O6S4-. The van der Waals surface area contributed by atoms with E-state index in [1.807, 2.05) is 48.5 Å². The van der Waals surface area contributed by atoms with Crippen molar-refractivity contribution in [1.82, 2.24) is 0 Å². The second-order valence-corrected chi connectivity index (χ2v) is 17.1. The average molecular weight is 708 g/mol. The number of thiazole rings is 1. The van der Waals surface area contributed by atoms with Crippen molar-refractivity contribution in [3.05, 3.63) is 117 Å². The van der Waals surface area contributed by atoms with E-state index in [-0.39, 0.29) is 18.8 Å². The van der Waals surface area contributed by atoms with Crippen molar-refractivity contribution in [2.24, 2.45) is 0 Å². The summed E-state index contributed by atoms with van der Waals surface area (Å²) >= 11 is 3.28. The number of hydrogen-bond acceptors (Lipinski definition) is 9. The average Bonchev–Trinajstić information content (AvgIpc) is 3.53. The predicted molar refractivity (Wildman–Crippen MR) is 187 cm³/mol. The van der Waals surface area contributed by atoms with Crippen molar-refractivity contribution in [3.63, 3.8) is 0 Å². The van der Waals surface area contributed by atoms with Gasteiger partial charge in [-0.1, -0.05) is 83.3 Å². The Hall–Kier alpha value is -3.26. The fourth-order valence-electron chi connectivity index (χ4n) is 6.26. The fraction of sp³-hybridized carbons (Fsp3) is 0.286. The number of benzene rings is 3. The van der Waals surface area contributed by atoms with Crippen molar-refractivity contribution >= 4 is 65.3 Å². The van der Waals surface area contributed by atoms with Crippen molar-refractivity contribution < 1.29 is 30.5 Å². The minimum atomic E-state index is -4.31. The van der Waals surface area contributed by atoms with Crippen molar-refractivity contribution in [1.29, 1.82) is 0 Å². The van der Waals surface area contributed by atoms with E-state index < -0.39 is 31.7 Å². The number of rotatable bonds is 11. The van der Waals surface area contributed by atoms with Gasteiger partial charge in [0.25, 0.3) is 5.01 Å². The van der Waals surface area contributed by atoms with Crippen LogP contribution < -0.4 is 9.47 Å². The number of para-hydroxylation sites is 2. The van der Waals surface area contributed by atoms with E-state index in [1.165, 1.54) is 11.1 Å². The number of anilines is 1. The lowest BCUT2D eigenvalue weighted by Gasteiger charge is -2.26. The molecule has 0 fully saturated rings. The number of nitrogens with zero attached hydrogens (tertiary/aromatic N) is 2. The van der Waals surface area contributed by atoms with Crippen LogP contribution in [0.15, 0.2) is 106 Å². The molecule has 12 heteroatoms. The lowest BCUT2D eigenvalue weighted by molar-refractivity contribution is -0.668. The first kappa shape index (κ1) is 33.6. The second-order valence-electron chi connectivity index (χ2n) is 12.0. The molecule has 6 rings (SSSR count). The maximum atomic E-state index is 11.4. The number of allylic oxidation sites excluding steroid dienone is 4. The zero-order valence-electron chi connectivity index (χ0n) is 25.9. The summed E-state index contributed by atoms with van der Waals surface area (Å²) in [5.41, 5.74) is 6.72. The van der Waals surface area contributed by atoms with E-state index in [9.17, 15) is 25.9 Å². The summed E-state index contributed by atoms with van der Waals surface area (Å²) in [5.74, 6) is -0.603. The van der Waals surface area contributed by atoms with Crippen LogP contribution in [0.1, 0.15) is 47.7 Å². The fourth-order valence-corrected chi connectivity index (χ4v) is 9.55. The Morgan fingerprint density at radius 1 is 0.894 bits per heavy atom. The molecule has 1 unspecified atom stereocenters. The quantitative estimate of drug-likeness (QED) is 0.125. The molecule has 0 radical (unpaired) electrons. The Kier molecular flexibility index (Phi) is 10.1. The maximum absolute atomic E-state index is 11.4. The number of aryl methyl sites for hydroxylation is 2. The summed E-state index contributed by atoms with van der Waals surface area (Å²) in [6.45, 7) is 2.92. The second kappa shape index (κ2) is 14.1. The van der Waals surface area contributed by atoms with E-state index >= 15 is 0 Å². The molecule has 3 aromatic carbocycles. The normalized spacial score (nSPS) is 18.7. The number of thioether (sulfide) groups is 1. The topological polar surface area (TPSA) is 122 Å². The highest BCUT2D eigenvalue weighted by atomic mass is 32.2. The van der Waals surface area contributed by atoms with Crippen LogP contribution in [0, 0.1) is 6.92 Å². The smallest absolute Gasteiger partial charge is 0.263 e. The molecule has 47 heavy (non-hydrogen) atoms. The van der Waals surface area contributed by atoms with Crippen LogP contribution in [0.2, 0.25) is 0 Å². The lowest BCUT2D eigenvalue weighted by Crippen LogP contribution is -2.36. The molecule has 0 bridgehead atoms. The third kappa shape index (κ3) is 8.62. The molecule has 8 nitrogen and oxygen atoms in total. The van der Waals surface area contributed by atoms with Gasteiger partial charge in [-0.15, -0.1) is 0 Å². The highest BCUT2D eigenvalue weighted by Crippen LogP contribution is 2.47. The van der Waals surface area contributed by atoms with Crippen LogP contribution in [-0.4, -0.2) is 44.0 Å². The van der Waals surface area contributed by atoms with Gasteiger partial charge in [0, 0.05) is 41.5 Å². The van der Waals surface area contributed by atoms with Crippen LogP contribution >= 0.6 is 23.1 Å². The minimum Gasteiger partial charge on any atom is -0.748 e. The molecule has 1 atom stereocenters. The SMILES string of the molecule is Cc1cccc(C2CC(/C=C3\Sc4ccccc4N3CCCS(=O)(=O)[O-])=CC(=C/c3sc4ccccc4[n+]3CCCS(=O)(=O)[O-])/C2)c1. The van der Waals surface area contributed by atoms with Gasteiger partial charge in [0.15, 0.2) is 6.54 Å². The Morgan fingerprint density at radius 3 is 2.43 bits per heavy atom. The largest absolute Gasteiger partial charge is 0.748 e. The molecule has 2 aliphatic rings. The van der Waals surface area contributed by atoms with E-state index in [2.05, 4.69) is 58.9 Å². The van der Waals surface area contributed by atoms with Crippen LogP contribution in [0.3, 0.4) is 0 Å². The van der Waals surface area contributed by atoms with Gasteiger partial charge in [-0.25, -0.2) is 16.8 Å². The van der Waals surface area contributed by atoms with Crippen LogP contribution in [-0.2, 0) is 26.8 Å². The van der Waals surface area contributed by atoms with Gasteiger partial charge in [0.05, 0.1) is 31.0 Å². The summed E-state index contributed by atoms with van der Waals surface area (Å²) in [6, 6.07) is 24.6. The summed E-state index contributed by atoms with van der Waals surface area (Å²) in [4.78, 5) is 3.19. The van der Waals surface area contributed by atoms with Gasteiger partial charge in [-0.3, -0.25) is 0 Å². The Balaban J connectivity index is 1.39. The lowest BCUT2D eigenvalue weighted by atomic mass is 9.81. The molecule has 2 heterocycles. The molecular weight excluding hydrogens is 673 g/mol. The first-order valence-electron chi connectivity index (χ1n) is 15.4. The van der Waals surface area contributed by atoms with Gasteiger partial charge in [0.1, 0.15) is 4.70 Å². The van der Waals surface area contributed by atoms with Gasteiger partial charge >= 0.3 is 0 Å². The van der Waals surface area contributed by atoms with Crippen molar-refractivity contribution in [3.8, 4) is 0 Å². The summed E-state index contributed by atoms with van der Waals surface area (Å²) < 4.78 is 71.4. The van der Waals surface area contributed by atoms with Gasteiger partial charge in [0.2, 0.25) is 5.52 Å². The predicted octanol–water partition coefficient (Wildman–Crippen LogP) is 6.71. The molecule has 1 aliphatic carbocycles. The molecule has 1 aliphatic heterocycles. The van der Waals surface area contributed by atoms with Crippen LogP contribution in [0.25, 0.3) is 16.3 Å². The molecule has 0 saturated heterocycles. The highest BCUT2D eigenvalue weighted by Gasteiger charge is 2.27. The molecule has 0 N–H and O–H groups in total. The Labute approximate surface area is 284 Å². The summed E-state index contributed by atoms with van der Waals surface area (Å²) in [5, 5.41) is 1.97. The number of hydrogen-bond donors (Lipinski definition) is 0. The van der Waals surface area contributed by atoms with E-state index in [1.54, 1.807) is 23.1 Å². The maximum Gasteiger partial charge on any atom is 0.263 e. The van der Waals surface area contributed by atoms with Crippen LogP contribution in [0.5, 0.6) is 0 Å². The van der Waals surface area contributed by atoms with Crippen LogP contribution in [0.4, 0.5) is 5.69 Å². The van der Waals surface area contributed by atoms with Crippen molar-refractivity contribution in [2.45, 2.75) is 50.0 Å². The van der Waals surface area contributed by atoms with Gasteiger partial charge in [-0.2, -0.15) is 4.57 Å². The monoisotopic (exact) mass is 707 g/mol. The molecule has 0 spiro atoms. The molecule has 4 aromatic rings. The number of aromatic nitrogens is 1. The summed E-state index contributed by atoms with van der Waals surface area (Å²) in [7, 11) is -8.62. The third-order valence-electron chi connectivity index (χ3n) is 8.29. The zero-order valence-corrected chi connectivity index (χ0v) is 29.1. The van der Waals surface area contributed by atoms with E-state index in [0.29, 0.717) is 13.1 Å². The first-order valence-corrected chi connectivity index (χ1v) is 20.2. The molecule has 0 amide bonds. The molecule has 1 aromatic heterocycles. The van der Waals surface area contributed by atoms with E-state index in [0.717, 1.165) is 54.8 Å². The first-order chi connectivity index (χ1) is 22.4. The highest BCUT2D eigenvalue weighted by molar-refractivity contribution is 8.03. The zero-order chi connectivity index (χ0) is 33.2. The summed E-state index contributed by atoms with van der Waals surface area (Å²) in [6.07, 6.45) is 8.69. The molecule has 246 valence electrons. The standard InChI is InChI=1S/C35H36N2O6S4/c1-25-9-6-10-28(19-25)29-21-26(23-34-36(15-7-17-46(38,39)40)30-11-2-4-13-32(30)44-34)20-27(22-29)24-35-37(16-8-18-47(41,42)43)31-12-3-5-14-33(31)45-35/h2-6,9-14,19-20,23-24,29H,7-8,15-18,21-22H2,1H3,(H-,38,39,40,41,42,43)/p-1. The third-order valence-corrected chi connectivity index (χ3v) is 12.1. The Bertz CT molecular complexity index is 2120. The van der Waals surface area contributed by atoms with Crippen molar-refractivity contribution in [2.75, 3.05) is 23.0 Å². The van der Waals surface area contributed by atoms with Gasteiger partial charge in [-0.05, 0) is 73.1 Å². The van der Waals surface area contributed by atoms with Gasteiger partial charge < -0.3 is 14.0 Å². The minimum absolute atomic E-state index is 0.222. The molecule has 0 saturated carbocycles. The van der Waals surface area contributed by atoms with E-state index in [4.69, 9.17) is 0 Å².